The lowest BCUT2D eigenvalue weighted by atomic mass is 9.80. The second-order valence-corrected chi connectivity index (χ2v) is 19.2. The Morgan fingerprint density at radius 2 is 0.790 bits per heavy atom. The number of rotatable bonds is 3. The Labute approximate surface area is 365 Å². The van der Waals surface area contributed by atoms with Crippen molar-refractivity contribution >= 4 is 38.6 Å². The molecular weight excluding hydrogens is 751 g/mol. The largest absolute Gasteiger partial charge is 0.453 e. The van der Waals surface area contributed by atoms with Crippen LogP contribution in [0.3, 0.4) is 0 Å². The summed E-state index contributed by atoms with van der Waals surface area (Å²) in [6.07, 6.45) is 0. The molecule has 12 rings (SSSR count). The Hall–Kier alpha value is -6.90. The molecule has 0 amide bonds. The molecule has 1 aliphatic heterocycles. The summed E-state index contributed by atoms with van der Waals surface area (Å²) in [6.45, 7) is 18.3. The highest BCUT2D eigenvalue weighted by Gasteiger charge is 2.43. The van der Waals surface area contributed by atoms with Crippen molar-refractivity contribution in [2.45, 2.75) is 66.2 Å². The molecular formula is C60H49NO. The highest BCUT2D eigenvalue weighted by atomic mass is 16.5. The molecule has 0 atom stereocenters. The van der Waals surface area contributed by atoms with E-state index in [-0.39, 0.29) is 10.8 Å². The third kappa shape index (κ3) is 5.10. The molecule has 2 nitrogen and oxygen atoms in total. The fraction of sp³-hybridized carbons (Fsp3) is 0.167. The molecule has 0 aromatic heterocycles. The minimum Gasteiger partial charge on any atom is -0.453 e. The fourth-order valence-corrected chi connectivity index (χ4v) is 11.2. The van der Waals surface area contributed by atoms with Crippen molar-refractivity contribution in [2.75, 3.05) is 4.90 Å². The van der Waals surface area contributed by atoms with Crippen molar-refractivity contribution in [2.24, 2.45) is 0 Å². The molecule has 0 radical (unpaired) electrons. The van der Waals surface area contributed by atoms with Crippen LogP contribution in [0.2, 0.25) is 0 Å². The fourth-order valence-electron chi connectivity index (χ4n) is 11.2. The zero-order valence-electron chi connectivity index (χ0n) is 36.8. The summed E-state index contributed by atoms with van der Waals surface area (Å²) in [4.78, 5) is 2.49. The maximum Gasteiger partial charge on any atom is 0.151 e. The quantitative estimate of drug-likeness (QED) is 0.176. The van der Waals surface area contributed by atoms with Crippen LogP contribution in [-0.2, 0) is 10.8 Å². The van der Waals surface area contributed by atoms with Crippen LogP contribution in [0.1, 0.15) is 72.2 Å². The number of nitrogens with zero attached hydrogens (tertiary/aromatic N) is 1. The van der Waals surface area contributed by atoms with Gasteiger partial charge in [0, 0.05) is 16.5 Å². The molecule has 0 spiro atoms. The number of ether oxygens (including phenoxy) is 1. The molecule has 2 heteroatoms. The number of aryl methyl sites for hydroxylation is 4. The van der Waals surface area contributed by atoms with E-state index in [1.807, 2.05) is 0 Å². The van der Waals surface area contributed by atoms with E-state index in [4.69, 9.17) is 4.74 Å². The second kappa shape index (κ2) is 12.8. The van der Waals surface area contributed by atoms with Gasteiger partial charge in [0.25, 0.3) is 0 Å². The van der Waals surface area contributed by atoms with Gasteiger partial charge >= 0.3 is 0 Å². The van der Waals surface area contributed by atoms with Crippen LogP contribution < -0.4 is 9.64 Å². The van der Waals surface area contributed by atoms with Gasteiger partial charge in [0.1, 0.15) is 0 Å². The molecule has 3 aliphatic rings. The Bertz CT molecular complexity index is 3200. The lowest BCUT2D eigenvalue weighted by Gasteiger charge is -2.36. The first-order chi connectivity index (χ1) is 29.9. The van der Waals surface area contributed by atoms with Crippen LogP contribution in [0.25, 0.3) is 66.1 Å². The zero-order chi connectivity index (χ0) is 42.4. The Morgan fingerprint density at radius 1 is 0.371 bits per heavy atom. The summed E-state index contributed by atoms with van der Waals surface area (Å²) in [5.41, 5.74) is 23.4. The minimum absolute atomic E-state index is 0.255. The van der Waals surface area contributed by atoms with Gasteiger partial charge in [-0.2, -0.15) is 0 Å². The highest BCUT2D eigenvalue weighted by Crippen LogP contribution is 2.62. The van der Waals surface area contributed by atoms with Gasteiger partial charge in [-0.05, 0) is 164 Å². The van der Waals surface area contributed by atoms with Crippen molar-refractivity contribution in [3.05, 3.63) is 196 Å². The second-order valence-electron chi connectivity index (χ2n) is 19.2. The molecule has 0 saturated heterocycles. The molecule has 9 aromatic rings. The first kappa shape index (κ1) is 36.9. The van der Waals surface area contributed by atoms with Gasteiger partial charge < -0.3 is 9.64 Å². The van der Waals surface area contributed by atoms with Crippen LogP contribution in [0.15, 0.2) is 152 Å². The lowest BCUT2D eigenvalue weighted by Crippen LogP contribution is -2.20. The number of hydrogen-bond acceptors (Lipinski definition) is 2. The average molecular weight is 800 g/mol. The van der Waals surface area contributed by atoms with Crippen molar-refractivity contribution in [1.29, 1.82) is 0 Å². The maximum absolute atomic E-state index is 7.27. The van der Waals surface area contributed by atoms with E-state index in [2.05, 4.69) is 212 Å². The van der Waals surface area contributed by atoms with Gasteiger partial charge in [-0.15, -0.1) is 0 Å². The van der Waals surface area contributed by atoms with E-state index < -0.39 is 0 Å². The third-order valence-corrected chi connectivity index (χ3v) is 14.5. The van der Waals surface area contributed by atoms with E-state index in [0.717, 1.165) is 28.6 Å². The van der Waals surface area contributed by atoms with Crippen molar-refractivity contribution < 1.29 is 4.74 Å². The predicted octanol–water partition coefficient (Wildman–Crippen LogP) is 16.7. The molecule has 0 saturated carbocycles. The van der Waals surface area contributed by atoms with Crippen LogP contribution >= 0.6 is 0 Å². The van der Waals surface area contributed by atoms with Gasteiger partial charge in [0.2, 0.25) is 0 Å². The van der Waals surface area contributed by atoms with Crippen molar-refractivity contribution in [3.8, 4) is 56.0 Å². The summed E-state index contributed by atoms with van der Waals surface area (Å²) in [7, 11) is 0. The van der Waals surface area contributed by atoms with E-state index in [9.17, 15) is 0 Å². The van der Waals surface area contributed by atoms with Gasteiger partial charge in [0.15, 0.2) is 11.5 Å². The normalized spacial score (nSPS) is 14.8. The summed E-state index contributed by atoms with van der Waals surface area (Å²) >= 11 is 0. The predicted molar refractivity (Wildman–Crippen MR) is 261 cm³/mol. The van der Waals surface area contributed by atoms with Crippen LogP contribution in [-0.4, -0.2) is 0 Å². The molecule has 2 aliphatic carbocycles. The number of anilines is 3. The summed E-state index contributed by atoms with van der Waals surface area (Å²) in [5.74, 6) is 1.78. The highest BCUT2D eigenvalue weighted by molar-refractivity contribution is 6.12. The van der Waals surface area contributed by atoms with E-state index in [0.29, 0.717) is 0 Å². The first-order valence-corrected chi connectivity index (χ1v) is 22.1. The Morgan fingerprint density at radius 3 is 1.23 bits per heavy atom. The Kier molecular flexibility index (Phi) is 7.63. The molecule has 0 fully saturated rings. The molecule has 1 heterocycles. The number of benzene rings is 9. The van der Waals surface area contributed by atoms with Crippen LogP contribution in [0.4, 0.5) is 17.1 Å². The van der Waals surface area contributed by atoms with Crippen LogP contribution in [0.5, 0.6) is 11.5 Å². The van der Waals surface area contributed by atoms with E-state index in [1.54, 1.807) is 0 Å². The molecule has 0 unspecified atom stereocenters. The van der Waals surface area contributed by atoms with Gasteiger partial charge in [-0.1, -0.05) is 154 Å². The summed E-state index contributed by atoms with van der Waals surface area (Å²) in [5, 5.41) is 5.13. The number of hydrogen-bond donors (Lipinski definition) is 0. The SMILES string of the molecule is Cc1ccc(-c2cc3c(c4ccccc24)-c2cc4c(cc2C3(C)C)Oc2cc3c(cc2N4c2ccc(C)cc2C)-c2c(cc(-c4ccc(C)cc4)c4ccccc24)C3(C)C)cc1. The standard InChI is InChI=1S/C60H49NO/c1-34-17-22-38(23-18-34)44-28-50-57(42-15-11-9-13-40(42)44)46-30-53-55(32-48(46)59(50,5)6)62-56-33-49-47(31-54(56)61(53)52-26-21-36(3)27-37(52)4)58-43-16-12-10-14-41(43)45(29-51(58)60(49,7)8)39-24-19-35(2)20-25-39/h9-33H,1-8H3. The molecule has 0 bridgehead atoms. The molecule has 62 heavy (non-hydrogen) atoms. The summed E-state index contributed by atoms with van der Waals surface area (Å²) < 4.78 is 7.27. The molecule has 9 aromatic carbocycles. The zero-order valence-corrected chi connectivity index (χ0v) is 36.8. The van der Waals surface area contributed by atoms with Crippen LogP contribution in [0, 0.1) is 27.7 Å². The Balaban J connectivity index is 1.10. The van der Waals surface area contributed by atoms with E-state index in [1.165, 1.54) is 111 Å². The van der Waals surface area contributed by atoms with E-state index >= 15 is 0 Å². The van der Waals surface area contributed by atoms with Gasteiger partial charge in [0.05, 0.1) is 11.4 Å². The van der Waals surface area contributed by atoms with Gasteiger partial charge in [-0.3, -0.25) is 0 Å². The molecule has 300 valence electrons. The maximum atomic E-state index is 7.27. The third-order valence-electron chi connectivity index (χ3n) is 14.5. The average Bonchev–Trinajstić information content (AvgIpc) is 3.62. The van der Waals surface area contributed by atoms with Crippen molar-refractivity contribution in [3.63, 3.8) is 0 Å². The smallest absolute Gasteiger partial charge is 0.151 e. The monoisotopic (exact) mass is 799 g/mol. The summed E-state index contributed by atoms with van der Waals surface area (Å²) in [6, 6.07) is 57.3. The van der Waals surface area contributed by atoms with Crippen molar-refractivity contribution in [1.82, 2.24) is 0 Å². The minimum atomic E-state index is -0.255. The van der Waals surface area contributed by atoms with Gasteiger partial charge in [-0.25, -0.2) is 0 Å². The number of fused-ring (bicyclic) bond motifs is 12. The lowest BCUT2D eigenvalue weighted by molar-refractivity contribution is 0.473. The first-order valence-electron chi connectivity index (χ1n) is 22.1. The molecule has 0 N–H and O–H groups in total. The topological polar surface area (TPSA) is 12.5 Å².